The van der Waals surface area contributed by atoms with Crippen molar-refractivity contribution in [1.82, 2.24) is 4.98 Å². The zero-order chi connectivity index (χ0) is 6.62. The highest BCUT2D eigenvalue weighted by atomic mass is 28.3. The standard InChI is InChI=1S/C6H16NSi/c1-5-6-7-8(2,3)4/h7H,1,5-6H2,2-4H3. The third-order valence-electron chi connectivity index (χ3n) is 0.832. The Labute approximate surface area is 53.6 Å². The Morgan fingerprint density at radius 2 is 1.88 bits per heavy atom. The van der Waals surface area contributed by atoms with Gasteiger partial charge in [0.15, 0.2) is 0 Å². The fourth-order valence-corrected chi connectivity index (χ4v) is 1.39. The van der Waals surface area contributed by atoms with E-state index in [0.717, 1.165) is 13.0 Å². The van der Waals surface area contributed by atoms with Gasteiger partial charge in [0.25, 0.3) is 0 Å². The molecule has 0 heterocycles. The van der Waals surface area contributed by atoms with Crippen LogP contribution in [0.15, 0.2) is 0 Å². The summed E-state index contributed by atoms with van der Waals surface area (Å²) in [6.07, 6.45) is 1.00. The maximum absolute atomic E-state index is 3.75. The van der Waals surface area contributed by atoms with Gasteiger partial charge in [0.2, 0.25) is 0 Å². The molecule has 8 heavy (non-hydrogen) atoms. The molecule has 49 valence electrons. The quantitative estimate of drug-likeness (QED) is 0.573. The molecule has 0 aromatic rings. The second-order valence-electron chi connectivity index (χ2n) is 3.03. The minimum atomic E-state index is -0.968. The molecule has 1 nitrogen and oxygen atoms in total. The van der Waals surface area contributed by atoms with Crippen LogP contribution >= 0.6 is 0 Å². The van der Waals surface area contributed by atoms with E-state index in [1.165, 1.54) is 0 Å². The van der Waals surface area contributed by atoms with Crippen LogP contribution < -0.4 is 4.98 Å². The van der Waals surface area contributed by atoms with Crippen LogP contribution in [0.5, 0.6) is 0 Å². The average Bonchev–Trinajstić information content (AvgIpc) is 1.59. The Balaban J connectivity index is 3.11. The van der Waals surface area contributed by atoms with Gasteiger partial charge in [0.05, 0.1) is 0 Å². The maximum Gasteiger partial charge on any atom is 0.116 e. The molecule has 0 bridgehead atoms. The summed E-state index contributed by atoms with van der Waals surface area (Å²) in [5.74, 6) is 0. The Bertz CT molecular complexity index is 56.0. The molecule has 0 saturated heterocycles. The normalized spacial score (nSPS) is 12.0. The van der Waals surface area contributed by atoms with Gasteiger partial charge in [-0.15, -0.1) is 0 Å². The monoisotopic (exact) mass is 130 g/mol. The molecule has 2 heteroatoms. The predicted molar refractivity (Wildman–Crippen MR) is 41.3 cm³/mol. The van der Waals surface area contributed by atoms with Gasteiger partial charge in [-0.25, -0.2) is 0 Å². The summed E-state index contributed by atoms with van der Waals surface area (Å²) in [5.41, 5.74) is 0. The lowest BCUT2D eigenvalue weighted by molar-refractivity contribution is 0.888. The molecule has 0 aliphatic carbocycles. The number of hydrogen-bond donors (Lipinski definition) is 1. The number of hydrogen-bond acceptors (Lipinski definition) is 1. The van der Waals surface area contributed by atoms with Gasteiger partial charge in [-0.3, -0.25) is 0 Å². The van der Waals surface area contributed by atoms with Gasteiger partial charge < -0.3 is 4.98 Å². The fraction of sp³-hybridized carbons (Fsp3) is 0.833. The molecule has 0 aromatic heterocycles. The van der Waals surface area contributed by atoms with Gasteiger partial charge in [0, 0.05) is 0 Å². The van der Waals surface area contributed by atoms with E-state index in [-0.39, 0.29) is 0 Å². The highest BCUT2D eigenvalue weighted by molar-refractivity contribution is 6.73. The number of nitrogens with one attached hydrogen (secondary N) is 1. The van der Waals surface area contributed by atoms with Crippen LogP contribution in [0.1, 0.15) is 6.42 Å². The highest BCUT2D eigenvalue weighted by Gasteiger charge is 2.09. The van der Waals surface area contributed by atoms with E-state index in [4.69, 9.17) is 0 Å². The van der Waals surface area contributed by atoms with Crippen LogP contribution in [-0.4, -0.2) is 14.8 Å². The molecule has 0 aromatic carbocycles. The van der Waals surface area contributed by atoms with Crippen LogP contribution in [-0.2, 0) is 0 Å². The van der Waals surface area contributed by atoms with E-state index >= 15 is 0 Å². The van der Waals surface area contributed by atoms with Gasteiger partial charge in [-0.1, -0.05) is 26.6 Å². The van der Waals surface area contributed by atoms with Crippen molar-refractivity contribution in [2.24, 2.45) is 0 Å². The molecule has 0 aliphatic rings. The topological polar surface area (TPSA) is 12.0 Å². The molecule has 0 spiro atoms. The molecule has 0 atom stereocenters. The Morgan fingerprint density at radius 1 is 1.38 bits per heavy atom. The van der Waals surface area contributed by atoms with Crippen molar-refractivity contribution < 1.29 is 0 Å². The Morgan fingerprint density at radius 3 is 2.00 bits per heavy atom. The van der Waals surface area contributed by atoms with Gasteiger partial charge in [-0.2, -0.15) is 0 Å². The summed E-state index contributed by atoms with van der Waals surface area (Å²) >= 11 is 0. The van der Waals surface area contributed by atoms with Crippen LogP contribution in [0.2, 0.25) is 19.6 Å². The third kappa shape index (κ3) is 6.18. The number of rotatable bonds is 3. The summed E-state index contributed by atoms with van der Waals surface area (Å²) < 4.78 is 0. The lowest BCUT2D eigenvalue weighted by atomic mass is 10.5. The minimum Gasteiger partial charge on any atom is -0.337 e. The summed E-state index contributed by atoms with van der Waals surface area (Å²) in [7, 11) is -0.968. The molecule has 0 unspecified atom stereocenters. The van der Waals surface area contributed by atoms with Crippen molar-refractivity contribution in [1.29, 1.82) is 0 Å². The van der Waals surface area contributed by atoms with Gasteiger partial charge >= 0.3 is 0 Å². The fourth-order valence-electron chi connectivity index (χ4n) is 0.463. The summed E-state index contributed by atoms with van der Waals surface area (Å²) in [5, 5.41) is 0. The smallest absolute Gasteiger partial charge is 0.116 e. The van der Waals surface area contributed by atoms with Crippen LogP contribution in [0, 0.1) is 6.92 Å². The summed E-state index contributed by atoms with van der Waals surface area (Å²) in [6, 6.07) is 0. The van der Waals surface area contributed by atoms with Crippen LogP contribution in [0.3, 0.4) is 0 Å². The van der Waals surface area contributed by atoms with E-state index in [1.807, 2.05) is 0 Å². The molecule has 0 fully saturated rings. The second kappa shape index (κ2) is 3.25. The van der Waals surface area contributed by atoms with E-state index in [1.54, 1.807) is 0 Å². The zero-order valence-electron chi connectivity index (χ0n) is 6.12. The summed E-state index contributed by atoms with van der Waals surface area (Å²) in [4.78, 5) is 3.45. The van der Waals surface area contributed by atoms with Crippen molar-refractivity contribution in [2.75, 3.05) is 6.54 Å². The first-order valence-electron chi connectivity index (χ1n) is 3.10. The van der Waals surface area contributed by atoms with Crippen molar-refractivity contribution in [3.63, 3.8) is 0 Å². The first-order chi connectivity index (χ1) is 3.56. The van der Waals surface area contributed by atoms with E-state index < -0.39 is 8.24 Å². The largest absolute Gasteiger partial charge is 0.337 e. The predicted octanol–water partition coefficient (Wildman–Crippen LogP) is 1.64. The third-order valence-corrected chi connectivity index (χ3v) is 2.14. The lowest BCUT2D eigenvalue weighted by Crippen LogP contribution is -2.41. The Kier molecular flexibility index (Phi) is 3.32. The van der Waals surface area contributed by atoms with E-state index in [9.17, 15) is 0 Å². The SMILES string of the molecule is [CH2]CCN[Si](C)(C)C. The summed E-state index contributed by atoms with van der Waals surface area (Å²) in [6.45, 7) is 11.7. The molecular weight excluding hydrogens is 114 g/mol. The first kappa shape index (κ1) is 8.18. The van der Waals surface area contributed by atoms with Crippen molar-refractivity contribution in [3.8, 4) is 0 Å². The zero-order valence-corrected chi connectivity index (χ0v) is 7.12. The minimum absolute atomic E-state index is 0.968. The van der Waals surface area contributed by atoms with Crippen molar-refractivity contribution in [3.05, 3.63) is 6.92 Å². The van der Waals surface area contributed by atoms with Crippen molar-refractivity contribution >= 4 is 8.24 Å². The molecule has 1 radical (unpaired) electrons. The maximum atomic E-state index is 3.75. The molecular formula is C6H16NSi. The van der Waals surface area contributed by atoms with E-state index in [0.29, 0.717) is 0 Å². The van der Waals surface area contributed by atoms with Crippen LogP contribution in [0.4, 0.5) is 0 Å². The van der Waals surface area contributed by atoms with Gasteiger partial charge in [-0.05, 0) is 13.0 Å². The molecule has 0 saturated carbocycles. The molecule has 0 aliphatic heterocycles. The van der Waals surface area contributed by atoms with Crippen LogP contribution in [0.25, 0.3) is 0 Å². The Hall–Kier alpha value is 0.177. The van der Waals surface area contributed by atoms with Gasteiger partial charge in [0.1, 0.15) is 8.24 Å². The highest BCUT2D eigenvalue weighted by Crippen LogP contribution is 1.92. The van der Waals surface area contributed by atoms with Crippen molar-refractivity contribution in [2.45, 2.75) is 26.1 Å². The lowest BCUT2D eigenvalue weighted by Gasteiger charge is -2.16. The first-order valence-corrected chi connectivity index (χ1v) is 6.60. The molecule has 0 rings (SSSR count). The molecule has 0 amide bonds. The molecule has 1 N–H and O–H groups in total. The second-order valence-corrected chi connectivity index (χ2v) is 7.88. The average molecular weight is 130 g/mol. The van der Waals surface area contributed by atoms with E-state index in [2.05, 4.69) is 31.5 Å².